The molecule has 0 saturated carbocycles. The summed E-state index contributed by atoms with van der Waals surface area (Å²) < 4.78 is 28.0. The largest absolute Gasteiger partial charge is 0.368 e. The van der Waals surface area contributed by atoms with Crippen molar-refractivity contribution < 1.29 is 8.42 Å². The molecule has 0 spiro atoms. The average Bonchev–Trinajstić information content (AvgIpc) is 2.56. The molecule has 0 aromatic heterocycles. The van der Waals surface area contributed by atoms with Crippen LogP contribution in [0, 0.1) is 0 Å². The van der Waals surface area contributed by atoms with E-state index < -0.39 is 10.0 Å². The highest BCUT2D eigenvalue weighted by molar-refractivity contribution is 7.92. The van der Waals surface area contributed by atoms with Crippen LogP contribution >= 0.6 is 23.2 Å². The van der Waals surface area contributed by atoms with Crippen molar-refractivity contribution in [1.82, 2.24) is 5.32 Å². The van der Waals surface area contributed by atoms with Gasteiger partial charge in [-0.3, -0.25) is 4.72 Å². The second-order valence-electron chi connectivity index (χ2n) is 6.58. The Morgan fingerprint density at radius 3 is 2.42 bits per heavy atom. The molecule has 2 unspecified atom stereocenters. The van der Waals surface area contributed by atoms with Crippen molar-refractivity contribution in [2.75, 3.05) is 22.7 Å². The zero-order valence-corrected chi connectivity index (χ0v) is 16.9. The van der Waals surface area contributed by atoms with E-state index in [1.165, 1.54) is 6.07 Å². The van der Waals surface area contributed by atoms with Crippen LogP contribution in [0.5, 0.6) is 0 Å². The minimum Gasteiger partial charge on any atom is -0.368 e. The number of piperazine rings is 1. The number of anilines is 2. The molecular weight excluding hydrogens is 393 g/mol. The summed E-state index contributed by atoms with van der Waals surface area (Å²) in [7, 11) is -3.83. The number of benzene rings is 2. The SMILES string of the molecule is CC1CN(c2cccc(NS(=O)(=O)c3cccc(Cl)c3Cl)c2)CC(C)N1. The van der Waals surface area contributed by atoms with E-state index in [9.17, 15) is 8.42 Å². The average molecular weight is 414 g/mol. The Labute approximate surface area is 164 Å². The van der Waals surface area contributed by atoms with Crippen LogP contribution in [0.25, 0.3) is 0 Å². The maximum atomic E-state index is 12.7. The van der Waals surface area contributed by atoms with Crippen LogP contribution in [0.4, 0.5) is 11.4 Å². The summed E-state index contributed by atoms with van der Waals surface area (Å²) >= 11 is 12.0. The number of nitrogens with zero attached hydrogens (tertiary/aromatic N) is 1. The monoisotopic (exact) mass is 413 g/mol. The predicted octanol–water partition coefficient (Wildman–Crippen LogP) is 3.98. The van der Waals surface area contributed by atoms with Gasteiger partial charge >= 0.3 is 0 Å². The minimum atomic E-state index is -3.83. The molecule has 140 valence electrons. The predicted molar refractivity (Wildman–Crippen MR) is 108 cm³/mol. The summed E-state index contributed by atoms with van der Waals surface area (Å²) in [5.41, 5.74) is 1.46. The molecule has 1 aliphatic rings. The van der Waals surface area contributed by atoms with Crippen LogP contribution in [0.3, 0.4) is 0 Å². The number of rotatable bonds is 4. The highest BCUT2D eigenvalue weighted by Gasteiger charge is 2.23. The molecule has 0 aliphatic carbocycles. The first-order valence-electron chi connectivity index (χ1n) is 8.34. The molecule has 1 saturated heterocycles. The number of nitrogens with one attached hydrogen (secondary N) is 2. The smallest absolute Gasteiger partial charge is 0.263 e. The molecule has 3 rings (SSSR count). The summed E-state index contributed by atoms with van der Waals surface area (Å²) in [5.74, 6) is 0. The topological polar surface area (TPSA) is 61.4 Å². The maximum absolute atomic E-state index is 12.7. The first kappa shape index (κ1) is 19.3. The number of hydrogen-bond acceptors (Lipinski definition) is 4. The number of hydrogen-bond donors (Lipinski definition) is 2. The van der Waals surface area contributed by atoms with Gasteiger partial charge in [-0.1, -0.05) is 35.3 Å². The van der Waals surface area contributed by atoms with E-state index >= 15 is 0 Å². The van der Waals surface area contributed by atoms with Gasteiger partial charge < -0.3 is 10.2 Å². The van der Waals surface area contributed by atoms with E-state index in [0.717, 1.165) is 18.8 Å². The van der Waals surface area contributed by atoms with Gasteiger partial charge in [0.25, 0.3) is 10.0 Å². The molecule has 1 heterocycles. The summed E-state index contributed by atoms with van der Waals surface area (Å²) in [6.45, 7) is 5.99. The minimum absolute atomic E-state index is 0.0163. The lowest BCUT2D eigenvalue weighted by atomic mass is 10.1. The van der Waals surface area contributed by atoms with E-state index in [2.05, 4.69) is 28.8 Å². The normalized spacial score (nSPS) is 20.8. The van der Waals surface area contributed by atoms with Gasteiger partial charge in [0.05, 0.1) is 15.7 Å². The van der Waals surface area contributed by atoms with Crippen LogP contribution < -0.4 is 14.9 Å². The van der Waals surface area contributed by atoms with Crippen LogP contribution in [0.2, 0.25) is 10.0 Å². The quantitative estimate of drug-likeness (QED) is 0.795. The molecule has 0 bridgehead atoms. The van der Waals surface area contributed by atoms with Gasteiger partial charge in [-0.15, -0.1) is 0 Å². The molecule has 2 atom stereocenters. The van der Waals surface area contributed by atoms with Crippen LogP contribution in [0.1, 0.15) is 13.8 Å². The summed E-state index contributed by atoms with van der Waals surface area (Å²) in [5, 5.41) is 3.70. The molecule has 8 heteroatoms. The lowest BCUT2D eigenvalue weighted by Gasteiger charge is -2.37. The second kappa shape index (κ2) is 7.64. The van der Waals surface area contributed by atoms with Gasteiger partial charge in [-0.05, 0) is 44.2 Å². The fourth-order valence-corrected chi connectivity index (χ4v) is 5.02. The van der Waals surface area contributed by atoms with Crippen LogP contribution in [0.15, 0.2) is 47.4 Å². The molecule has 1 aliphatic heterocycles. The first-order chi connectivity index (χ1) is 12.3. The van der Waals surface area contributed by atoms with Gasteiger partial charge in [0.1, 0.15) is 4.90 Å². The summed E-state index contributed by atoms with van der Waals surface area (Å²) in [6, 6.07) is 12.6. The Kier molecular flexibility index (Phi) is 5.67. The van der Waals surface area contributed by atoms with Gasteiger partial charge in [0.2, 0.25) is 0 Å². The highest BCUT2D eigenvalue weighted by atomic mass is 35.5. The van der Waals surface area contributed by atoms with Gasteiger partial charge in [-0.25, -0.2) is 8.42 Å². The van der Waals surface area contributed by atoms with Gasteiger partial charge in [0, 0.05) is 30.9 Å². The van der Waals surface area contributed by atoms with Crippen molar-refractivity contribution in [1.29, 1.82) is 0 Å². The van der Waals surface area contributed by atoms with Crippen molar-refractivity contribution in [3.8, 4) is 0 Å². The van der Waals surface area contributed by atoms with Crippen molar-refractivity contribution >= 4 is 44.6 Å². The Balaban J connectivity index is 1.85. The van der Waals surface area contributed by atoms with Crippen molar-refractivity contribution in [2.24, 2.45) is 0 Å². The standard InChI is InChI=1S/C18H21Cl2N3O2S/c1-12-10-23(11-13(2)21-12)15-6-3-5-14(9-15)22-26(24,25)17-8-4-7-16(19)18(17)20/h3-9,12-13,21-22H,10-11H2,1-2H3. The molecule has 2 aromatic carbocycles. The molecule has 26 heavy (non-hydrogen) atoms. The molecule has 1 fully saturated rings. The molecule has 0 radical (unpaired) electrons. The number of sulfonamides is 1. The van der Waals surface area contributed by atoms with Crippen LogP contribution in [-0.2, 0) is 10.0 Å². The van der Waals surface area contributed by atoms with E-state index in [0.29, 0.717) is 17.8 Å². The Morgan fingerprint density at radius 2 is 1.73 bits per heavy atom. The lowest BCUT2D eigenvalue weighted by Crippen LogP contribution is -2.54. The second-order valence-corrected chi connectivity index (χ2v) is 9.02. The number of halogens is 2. The maximum Gasteiger partial charge on any atom is 0.263 e. The Bertz CT molecular complexity index is 895. The van der Waals surface area contributed by atoms with Gasteiger partial charge in [-0.2, -0.15) is 0 Å². The molecule has 0 amide bonds. The summed E-state index contributed by atoms with van der Waals surface area (Å²) in [4.78, 5) is 2.21. The first-order valence-corrected chi connectivity index (χ1v) is 10.6. The van der Waals surface area contributed by atoms with Gasteiger partial charge in [0.15, 0.2) is 0 Å². The molecular formula is C18H21Cl2N3O2S. The third-order valence-electron chi connectivity index (χ3n) is 4.23. The van der Waals surface area contributed by atoms with Crippen molar-refractivity contribution in [3.05, 3.63) is 52.5 Å². The van der Waals surface area contributed by atoms with E-state index in [1.54, 1.807) is 18.2 Å². The van der Waals surface area contributed by atoms with Crippen LogP contribution in [-0.4, -0.2) is 33.6 Å². The molecule has 2 aromatic rings. The highest BCUT2D eigenvalue weighted by Crippen LogP contribution is 2.31. The fraction of sp³-hybridized carbons (Fsp3) is 0.333. The third-order valence-corrected chi connectivity index (χ3v) is 6.58. The fourth-order valence-electron chi connectivity index (χ4n) is 3.21. The van der Waals surface area contributed by atoms with E-state index in [1.807, 2.05) is 18.2 Å². The van der Waals surface area contributed by atoms with Crippen molar-refractivity contribution in [2.45, 2.75) is 30.8 Å². The van der Waals surface area contributed by atoms with E-state index in [4.69, 9.17) is 23.2 Å². The lowest BCUT2D eigenvalue weighted by molar-refractivity contribution is 0.407. The molecule has 2 N–H and O–H groups in total. The Hall–Kier alpha value is -1.47. The Morgan fingerprint density at radius 1 is 1.08 bits per heavy atom. The van der Waals surface area contributed by atoms with Crippen molar-refractivity contribution in [3.63, 3.8) is 0 Å². The summed E-state index contributed by atoms with van der Waals surface area (Å²) in [6.07, 6.45) is 0. The zero-order valence-electron chi connectivity index (χ0n) is 14.5. The molecule has 5 nitrogen and oxygen atoms in total. The zero-order chi connectivity index (χ0) is 18.9. The third kappa shape index (κ3) is 4.26. The van der Waals surface area contributed by atoms with E-state index in [-0.39, 0.29) is 14.9 Å².